The molecule has 0 saturated carbocycles. The van der Waals surface area contributed by atoms with Gasteiger partial charge in [-0.1, -0.05) is 12.8 Å². The van der Waals surface area contributed by atoms with Gasteiger partial charge in [-0.2, -0.15) is 0 Å². The van der Waals surface area contributed by atoms with Crippen LogP contribution in [0.1, 0.15) is 46.0 Å². The molecule has 156 valence electrons. The summed E-state index contributed by atoms with van der Waals surface area (Å²) in [5, 5.41) is 6.80. The second-order valence-electron chi connectivity index (χ2n) is 7.64. The number of rotatable bonds is 8. The van der Waals surface area contributed by atoms with Gasteiger partial charge in [0.15, 0.2) is 5.96 Å². The average Bonchev–Trinajstić information content (AvgIpc) is 2.94. The van der Waals surface area contributed by atoms with Crippen molar-refractivity contribution in [2.75, 3.05) is 72.0 Å². The average molecular weight is 381 g/mol. The van der Waals surface area contributed by atoms with E-state index in [1.165, 1.54) is 45.3 Å². The van der Waals surface area contributed by atoms with E-state index in [4.69, 9.17) is 4.99 Å². The Hall–Kier alpha value is -1.34. The highest BCUT2D eigenvalue weighted by molar-refractivity contribution is 5.79. The molecule has 0 aliphatic carbocycles. The van der Waals surface area contributed by atoms with Crippen LogP contribution in [0.3, 0.4) is 0 Å². The summed E-state index contributed by atoms with van der Waals surface area (Å²) in [7, 11) is 0. The smallest absolute Gasteiger partial charge is 0.219 e. The summed E-state index contributed by atoms with van der Waals surface area (Å²) in [6.07, 6.45) is 6.63. The van der Waals surface area contributed by atoms with Crippen molar-refractivity contribution in [2.24, 2.45) is 4.99 Å². The molecule has 2 rings (SSSR count). The third-order valence-corrected chi connectivity index (χ3v) is 5.48. The zero-order valence-electron chi connectivity index (χ0n) is 17.5. The highest BCUT2D eigenvalue weighted by Gasteiger charge is 2.17. The minimum atomic E-state index is 0.189. The van der Waals surface area contributed by atoms with Gasteiger partial charge in [-0.05, 0) is 45.8 Å². The topological polar surface area (TPSA) is 63.2 Å². The summed E-state index contributed by atoms with van der Waals surface area (Å²) in [5.41, 5.74) is 0. The molecule has 2 N–H and O–H groups in total. The molecule has 2 fully saturated rings. The number of aliphatic imine (C=N–C) groups is 1. The first-order valence-corrected chi connectivity index (χ1v) is 10.9. The van der Waals surface area contributed by atoms with Crippen molar-refractivity contribution in [3.05, 3.63) is 0 Å². The molecule has 2 saturated heterocycles. The van der Waals surface area contributed by atoms with E-state index < -0.39 is 0 Å². The molecule has 2 aliphatic rings. The molecule has 0 unspecified atom stereocenters. The molecule has 0 radical (unpaired) electrons. The van der Waals surface area contributed by atoms with Gasteiger partial charge >= 0.3 is 0 Å². The Morgan fingerprint density at radius 1 is 0.889 bits per heavy atom. The van der Waals surface area contributed by atoms with Crippen LogP contribution in [-0.4, -0.2) is 98.6 Å². The van der Waals surface area contributed by atoms with Gasteiger partial charge in [0.25, 0.3) is 0 Å². The van der Waals surface area contributed by atoms with Crippen molar-refractivity contribution in [1.29, 1.82) is 0 Å². The summed E-state index contributed by atoms with van der Waals surface area (Å²) in [6.45, 7) is 14.7. The van der Waals surface area contributed by atoms with Crippen molar-refractivity contribution < 1.29 is 4.79 Å². The molecule has 0 aromatic carbocycles. The van der Waals surface area contributed by atoms with E-state index in [0.29, 0.717) is 0 Å². The Bertz CT molecular complexity index is 440. The van der Waals surface area contributed by atoms with E-state index in [-0.39, 0.29) is 5.91 Å². The summed E-state index contributed by atoms with van der Waals surface area (Å²) >= 11 is 0. The monoisotopic (exact) mass is 380 g/mol. The van der Waals surface area contributed by atoms with Crippen molar-refractivity contribution in [3.63, 3.8) is 0 Å². The van der Waals surface area contributed by atoms with Crippen LogP contribution >= 0.6 is 0 Å². The lowest BCUT2D eigenvalue weighted by molar-refractivity contribution is -0.130. The zero-order chi connectivity index (χ0) is 19.3. The fourth-order valence-corrected chi connectivity index (χ4v) is 3.81. The summed E-state index contributed by atoms with van der Waals surface area (Å²) in [6, 6.07) is 0. The Morgan fingerprint density at radius 2 is 1.56 bits per heavy atom. The van der Waals surface area contributed by atoms with E-state index in [2.05, 4.69) is 27.4 Å². The number of carbonyl (C=O) groups excluding carboxylic acids is 1. The Labute approximate surface area is 165 Å². The number of amides is 1. The number of carbonyl (C=O) groups is 1. The predicted octanol–water partition coefficient (Wildman–Crippen LogP) is 0.972. The van der Waals surface area contributed by atoms with Crippen molar-refractivity contribution >= 4 is 11.9 Å². The molecule has 0 aromatic rings. The number of likely N-dealkylation sites (tertiary alicyclic amines) is 1. The largest absolute Gasteiger partial charge is 0.357 e. The van der Waals surface area contributed by atoms with E-state index in [1.807, 2.05) is 4.90 Å². The zero-order valence-corrected chi connectivity index (χ0v) is 17.5. The second-order valence-corrected chi connectivity index (χ2v) is 7.64. The van der Waals surface area contributed by atoms with Crippen LogP contribution in [0.4, 0.5) is 0 Å². The third kappa shape index (κ3) is 8.93. The normalized spacial score (nSPS) is 20.4. The number of nitrogens with one attached hydrogen (secondary N) is 2. The van der Waals surface area contributed by atoms with Crippen LogP contribution in [0.15, 0.2) is 4.99 Å². The quantitative estimate of drug-likeness (QED) is 0.373. The molecule has 7 nitrogen and oxygen atoms in total. The fraction of sp³-hybridized carbons (Fsp3) is 0.900. The lowest BCUT2D eigenvalue weighted by Crippen LogP contribution is -2.50. The van der Waals surface area contributed by atoms with Crippen LogP contribution < -0.4 is 10.6 Å². The van der Waals surface area contributed by atoms with Gasteiger partial charge in [0, 0.05) is 59.3 Å². The maximum atomic E-state index is 11.4. The Morgan fingerprint density at radius 3 is 2.19 bits per heavy atom. The molecule has 7 heteroatoms. The number of nitrogens with zero attached hydrogens (tertiary/aromatic N) is 4. The lowest BCUT2D eigenvalue weighted by atomic mass is 10.2. The highest BCUT2D eigenvalue weighted by Crippen LogP contribution is 2.09. The van der Waals surface area contributed by atoms with E-state index in [1.54, 1.807) is 6.92 Å². The van der Waals surface area contributed by atoms with Crippen LogP contribution in [0, 0.1) is 0 Å². The van der Waals surface area contributed by atoms with Crippen LogP contribution in [0.25, 0.3) is 0 Å². The van der Waals surface area contributed by atoms with Gasteiger partial charge in [-0.3, -0.25) is 14.7 Å². The van der Waals surface area contributed by atoms with E-state index >= 15 is 0 Å². The summed E-state index contributed by atoms with van der Waals surface area (Å²) in [4.78, 5) is 23.1. The second kappa shape index (κ2) is 12.9. The molecule has 2 heterocycles. The number of guanidine groups is 1. The molecule has 2 aliphatic heterocycles. The Balaban J connectivity index is 1.61. The number of hydrogen-bond acceptors (Lipinski definition) is 4. The lowest BCUT2D eigenvalue weighted by Gasteiger charge is -2.34. The first kappa shape index (κ1) is 22.0. The van der Waals surface area contributed by atoms with Crippen molar-refractivity contribution in [1.82, 2.24) is 25.3 Å². The minimum Gasteiger partial charge on any atom is -0.357 e. The van der Waals surface area contributed by atoms with Gasteiger partial charge in [0.05, 0.1) is 0 Å². The van der Waals surface area contributed by atoms with Gasteiger partial charge in [0.1, 0.15) is 0 Å². The summed E-state index contributed by atoms with van der Waals surface area (Å²) < 4.78 is 0. The maximum absolute atomic E-state index is 11.4. The molecule has 0 atom stereocenters. The van der Waals surface area contributed by atoms with Crippen LogP contribution in [0.2, 0.25) is 0 Å². The van der Waals surface area contributed by atoms with Gasteiger partial charge < -0.3 is 20.4 Å². The number of hydrogen-bond donors (Lipinski definition) is 2. The first-order valence-electron chi connectivity index (χ1n) is 10.9. The molecule has 0 spiro atoms. The third-order valence-electron chi connectivity index (χ3n) is 5.48. The fourth-order valence-electron chi connectivity index (χ4n) is 3.81. The summed E-state index contributed by atoms with van der Waals surface area (Å²) in [5.74, 6) is 1.12. The van der Waals surface area contributed by atoms with E-state index in [9.17, 15) is 4.79 Å². The molecular formula is C20H40N6O. The predicted molar refractivity (Wildman–Crippen MR) is 112 cm³/mol. The van der Waals surface area contributed by atoms with E-state index in [0.717, 1.165) is 64.7 Å². The van der Waals surface area contributed by atoms with Crippen molar-refractivity contribution in [3.8, 4) is 0 Å². The molecular weight excluding hydrogens is 340 g/mol. The first-order chi connectivity index (χ1) is 13.2. The van der Waals surface area contributed by atoms with Gasteiger partial charge in [0.2, 0.25) is 5.91 Å². The van der Waals surface area contributed by atoms with Gasteiger partial charge in [-0.25, -0.2) is 0 Å². The SMILES string of the molecule is CCNC(=NCCCN1CCCCCC1)NCCN1CCN(C(C)=O)CC1. The molecule has 0 aromatic heterocycles. The Kier molecular flexibility index (Phi) is 10.5. The van der Waals surface area contributed by atoms with Crippen LogP contribution in [-0.2, 0) is 4.79 Å². The van der Waals surface area contributed by atoms with Crippen molar-refractivity contribution in [2.45, 2.75) is 46.0 Å². The molecule has 0 bridgehead atoms. The van der Waals surface area contributed by atoms with Gasteiger partial charge in [-0.15, -0.1) is 0 Å². The maximum Gasteiger partial charge on any atom is 0.219 e. The number of piperazine rings is 1. The van der Waals surface area contributed by atoms with Crippen LogP contribution in [0.5, 0.6) is 0 Å². The standard InChI is InChI=1S/C20H40N6O/c1-3-21-20(22-9-8-13-24-11-6-4-5-7-12-24)23-10-14-25-15-17-26(18-16-25)19(2)27/h3-18H2,1-2H3,(H2,21,22,23). The highest BCUT2D eigenvalue weighted by atomic mass is 16.2. The molecule has 1 amide bonds. The molecule has 27 heavy (non-hydrogen) atoms. The minimum absolute atomic E-state index is 0.189.